The molecule has 0 saturated carbocycles. The van der Waals surface area contributed by atoms with Crippen LogP contribution in [-0.2, 0) is 18.8 Å². The van der Waals surface area contributed by atoms with E-state index in [-0.39, 0.29) is 11.7 Å². The zero-order chi connectivity index (χ0) is 29.9. The van der Waals surface area contributed by atoms with E-state index in [1.165, 1.54) is 10.2 Å². The minimum absolute atomic E-state index is 0.0325. The van der Waals surface area contributed by atoms with E-state index in [0.717, 1.165) is 51.7 Å². The molecule has 0 spiro atoms. The van der Waals surface area contributed by atoms with Gasteiger partial charge in [-0.15, -0.1) is 10.2 Å². The van der Waals surface area contributed by atoms with Gasteiger partial charge in [0.15, 0.2) is 0 Å². The SMILES string of the molecule is [2H]C([2H])([2H])c1nnn(C)c1-c1cc2c(cn1)c1ncc(-c3c(C)nnn3C)cc1n2[C@H](c1ccccc1)C1CCOCC1. The highest BCUT2D eigenvalue weighted by molar-refractivity contribution is 6.07. The molecule has 1 saturated heterocycles. The van der Waals surface area contributed by atoms with Crippen LogP contribution in [0.25, 0.3) is 44.6 Å². The number of benzene rings is 1. The van der Waals surface area contributed by atoms with E-state index in [0.29, 0.717) is 30.5 Å². The van der Waals surface area contributed by atoms with Gasteiger partial charge in [0.1, 0.15) is 5.69 Å². The second kappa shape index (κ2) is 9.63. The van der Waals surface area contributed by atoms with Crippen LogP contribution in [0.5, 0.6) is 0 Å². The predicted octanol–water partition coefficient (Wildman–Crippen LogP) is 4.81. The molecular formula is C30H31N9O. The number of nitrogens with zero attached hydrogens (tertiary/aromatic N) is 9. The number of hydrogen-bond acceptors (Lipinski definition) is 7. The fourth-order valence-electron chi connectivity index (χ4n) is 6.17. The normalized spacial score (nSPS) is 16.7. The standard InChI is InChI=1S/C30H31N9O/c1-18-28(37(3)35-33-18)22-14-26-27(32-16-22)23-17-31-24(29-19(2)34-36-38(29)4)15-25(23)39(26)30(20-8-6-5-7-9-20)21-10-12-40-13-11-21/h5-9,14-17,21,30H,10-13H2,1-4H3/t30-/m1/s1/i2D3. The van der Waals surface area contributed by atoms with Gasteiger partial charge in [-0.25, -0.2) is 9.36 Å². The molecule has 40 heavy (non-hydrogen) atoms. The fraction of sp³-hybridized carbons (Fsp3) is 0.333. The molecule has 1 aliphatic rings. The van der Waals surface area contributed by atoms with Crippen molar-refractivity contribution in [1.82, 2.24) is 44.5 Å². The number of fused-ring (bicyclic) bond motifs is 3. The van der Waals surface area contributed by atoms with E-state index in [2.05, 4.69) is 55.5 Å². The Labute approximate surface area is 235 Å². The summed E-state index contributed by atoms with van der Waals surface area (Å²) < 4.78 is 35.6. The Morgan fingerprint density at radius 2 is 1.65 bits per heavy atom. The molecule has 6 aromatic rings. The molecule has 5 aromatic heterocycles. The van der Waals surface area contributed by atoms with Gasteiger partial charge in [0.2, 0.25) is 0 Å². The second-order valence-electron chi connectivity index (χ2n) is 10.4. The van der Waals surface area contributed by atoms with E-state index >= 15 is 0 Å². The zero-order valence-electron chi connectivity index (χ0n) is 25.6. The third kappa shape index (κ3) is 3.90. The summed E-state index contributed by atoms with van der Waals surface area (Å²) in [5.74, 6) is 0.298. The molecule has 0 unspecified atom stereocenters. The Morgan fingerprint density at radius 1 is 0.900 bits per heavy atom. The Bertz CT molecular complexity index is 1930. The minimum Gasteiger partial charge on any atom is -0.381 e. The maximum absolute atomic E-state index is 8.06. The highest BCUT2D eigenvalue weighted by Crippen LogP contribution is 2.41. The highest BCUT2D eigenvalue weighted by atomic mass is 16.5. The number of pyridine rings is 2. The molecule has 6 heterocycles. The summed E-state index contributed by atoms with van der Waals surface area (Å²) in [6, 6.07) is 14.6. The van der Waals surface area contributed by atoms with Crippen LogP contribution in [0.1, 0.15) is 39.9 Å². The third-order valence-corrected chi connectivity index (χ3v) is 7.99. The molecule has 0 amide bonds. The van der Waals surface area contributed by atoms with E-state index in [1.807, 2.05) is 32.3 Å². The van der Waals surface area contributed by atoms with Crippen molar-refractivity contribution in [3.63, 3.8) is 0 Å². The lowest BCUT2D eigenvalue weighted by Gasteiger charge is -2.33. The number of hydrogen-bond donors (Lipinski definition) is 0. The predicted molar refractivity (Wildman–Crippen MR) is 153 cm³/mol. The average Bonchev–Trinajstić information content (AvgIpc) is 3.66. The van der Waals surface area contributed by atoms with Crippen LogP contribution in [0, 0.1) is 19.7 Å². The summed E-state index contributed by atoms with van der Waals surface area (Å²) in [7, 11) is 3.57. The van der Waals surface area contributed by atoms with Crippen LogP contribution in [0.15, 0.2) is 54.9 Å². The topological polar surface area (TPSA) is 101 Å². The van der Waals surface area contributed by atoms with E-state index in [1.54, 1.807) is 17.9 Å². The van der Waals surface area contributed by atoms with Gasteiger partial charge in [-0.2, -0.15) is 0 Å². The molecule has 0 aliphatic carbocycles. The van der Waals surface area contributed by atoms with Crippen LogP contribution in [0.4, 0.5) is 0 Å². The monoisotopic (exact) mass is 536 g/mol. The van der Waals surface area contributed by atoms with Crippen LogP contribution < -0.4 is 0 Å². The lowest BCUT2D eigenvalue weighted by Crippen LogP contribution is -2.26. The van der Waals surface area contributed by atoms with Crippen molar-refractivity contribution in [2.75, 3.05) is 13.2 Å². The molecule has 1 aliphatic heterocycles. The van der Waals surface area contributed by atoms with Crippen molar-refractivity contribution in [2.24, 2.45) is 20.0 Å². The summed E-state index contributed by atoms with van der Waals surface area (Å²) in [5.41, 5.74) is 7.26. The molecule has 0 radical (unpaired) electrons. The largest absolute Gasteiger partial charge is 0.381 e. The molecule has 1 fully saturated rings. The van der Waals surface area contributed by atoms with Gasteiger partial charge in [-0.1, -0.05) is 40.8 Å². The molecule has 202 valence electrons. The molecule has 7 rings (SSSR count). The van der Waals surface area contributed by atoms with Gasteiger partial charge in [0.05, 0.1) is 45.4 Å². The summed E-state index contributed by atoms with van der Waals surface area (Å²) in [6.45, 7) is 0.901. The van der Waals surface area contributed by atoms with Gasteiger partial charge >= 0.3 is 0 Å². The van der Waals surface area contributed by atoms with E-state index in [4.69, 9.17) is 18.8 Å². The van der Waals surface area contributed by atoms with Gasteiger partial charge in [-0.05, 0) is 50.2 Å². The number of ether oxygens (including phenoxy) is 1. The molecule has 1 aromatic carbocycles. The van der Waals surface area contributed by atoms with Crippen LogP contribution >= 0.6 is 0 Å². The number of aryl methyl sites for hydroxylation is 4. The Hall–Kier alpha value is -4.44. The third-order valence-electron chi connectivity index (χ3n) is 7.99. The van der Waals surface area contributed by atoms with Crippen molar-refractivity contribution >= 4 is 21.9 Å². The van der Waals surface area contributed by atoms with Crippen LogP contribution in [-0.4, -0.2) is 57.7 Å². The summed E-state index contributed by atoms with van der Waals surface area (Å²) >= 11 is 0. The summed E-state index contributed by atoms with van der Waals surface area (Å²) in [6.07, 6.45) is 5.46. The van der Waals surface area contributed by atoms with Crippen molar-refractivity contribution < 1.29 is 8.85 Å². The summed E-state index contributed by atoms with van der Waals surface area (Å²) in [4.78, 5) is 9.73. The first-order valence-corrected chi connectivity index (χ1v) is 13.4. The average molecular weight is 537 g/mol. The van der Waals surface area contributed by atoms with Gasteiger partial charge < -0.3 is 9.30 Å². The smallest absolute Gasteiger partial charge is 0.110 e. The summed E-state index contributed by atoms with van der Waals surface area (Å²) in [5, 5.41) is 17.4. The Morgan fingerprint density at radius 3 is 2.38 bits per heavy atom. The van der Waals surface area contributed by atoms with Gasteiger partial charge in [-0.3, -0.25) is 9.97 Å². The van der Waals surface area contributed by atoms with Crippen molar-refractivity contribution in [1.29, 1.82) is 0 Å². The van der Waals surface area contributed by atoms with Crippen LogP contribution in [0.2, 0.25) is 0 Å². The van der Waals surface area contributed by atoms with E-state index < -0.39 is 6.85 Å². The number of rotatable bonds is 5. The molecule has 10 heteroatoms. The Balaban J connectivity index is 1.56. The maximum Gasteiger partial charge on any atom is 0.110 e. The molecule has 0 bridgehead atoms. The van der Waals surface area contributed by atoms with Gasteiger partial charge in [0.25, 0.3) is 0 Å². The maximum atomic E-state index is 8.06. The van der Waals surface area contributed by atoms with Crippen LogP contribution in [0.3, 0.4) is 0 Å². The first-order valence-electron chi connectivity index (χ1n) is 14.9. The fourth-order valence-corrected chi connectivity index (χ4v) is 6.17. The molecule has 10 nitrogen and oxygen atoms in total. The zero-order valence-corrected chi connectivity index (χ0v) is 22.6. The quantitative estimate of drug-likeness (QED) is 0.312. The van der Waals surface area contributed by atoms with E-state index in [9.17, 15) is 0 Å². The molecular weight excluding hydrogens is 502 g/mol. The first-order chi connectivity index (χ1) is 20.7. The Kier molecular flexibility index (Phi) is 5.15. The molecule has 0 N–H and O–H groups in total. The minimum atomic E-state index is -2.44. The lowest BCUT2D eigenvalue weighted by atomic mass is 9.86. The van der Waals surface area contributed by atoms with Crippen molar-refractivity contribution in [3.8, 4) is 22.6 Å². The second-order valence-corrected chi connectivity index (χ2v) is 10.4. The highest BCUT2D eigenvalue weighted by Gasteiger charge is 2.31. The first kappa shape index (κ1) is 21.4. The van der Waals surface area contributed by atoms with Gasteiger partial charge in [0, 0.05) is 54.8 Å². The lowest BCUT2D eigenvalue weighted by molar-refractivity contribution is 0.0553. The molecule has 1 atom stereocenters. The van der Waals surface area contributed by atoms with Crippen molar-refractivity contribution in [2.45, 2.75) is 32.7 Å². The van der Waals surface area contributed by atoms with Crippen molar-refractivity contribution in [3.05, 3.63) is 71.8 Å². The number of aromatic nitrogens is 9.